The fourth-order valence-corrected chi connectivity index (χ4v) is 2.95. The Labute approximate surface area is 96.6 Å². The zero-order valence-corrected chi connectivity index (χ0v) is 9.66. The maximum absolute atomic E-state index is 10.9. The second-order valence-corrected chi connectivity index (χ2v) is 5.28. The van der Waals surface area contributed by atoms with Gasteiger partial charge in [0.15, 0.2) is 0 Å². The van der Waals surface area contributed by atoms with E-state index in [9.17, 15) is 4.79 Å². The number of aryl methyl sites for hydroxylation is 1. The van der Waals surface area contributed by atoms with Gasteiger partial charge >= 0.3 is 5.97 Å². The molecule has 0 amide bonds. The average molecular weight is 243 g/mol. The van der Waals surface area contributed by atoms with Crippen LogP contribution in [0.15, 0.2) is 9.64 Å². The number of aromatic nitrogens is 2. The van der Waals surface area contributed by atoms with Crippen molar-refractivity contribution in [1.29, 1.82) is 0 Å². The van der Waals surface area contributed by atoms with Crippen LogP contribution in [0, 0.1) is 6.92 Å². The van der Waals surface area contributed by atoms with E-state index < -0.39 is 11.5 Å². The Morgan fingerprint density at radius 3 is 2.94 bits per heavy atom. The molecule has 7 heteroatoms. The molecule has 1 heterocycles. The molecular weight excluding hydrogens is 230 g/mol. The van der Waals surface area contributed by atoms with Gasteiger partial charge in [-0.25, -0.2) is 0 Å². The first kappa shape index (κ1) is 11.4. The SMILES string of the molecule is Cc1nnc(SC2CCC(N)(C(=O)O)C2)o1. The summed E-state index contributed by atoms with van der Waals surface area (Å²) >= 11 is 1.41. The van der Waals surface area contributed by atoms with Gasteiger partial charge in [-0.05, 0) is 19.3 Å². The lowest BCUT2D eigenvalue weighted by Crippen LogP contribution is -2.45. The van der Waals surface area contributed by atoms with Crippen molar-refractivity contribution in [3.63, 3.8) is 0 Å². The standard InChI is InChI=1S/C9H13N3O3S/c1-5-11-12-8(15-5)16-6-2-3-9(10,4-6)7(13)14/h6H,2-4,10H2,1H3,(H,13,14). The molecule has 0 spiro atoms. The number of rotatable bonds is 3. The molecule has 6 nitrogen and oxygen atoms in total. The molecular formula is C9H13N3O3S. The quantitative estimate of drug-likeness (QED) is 0.809. The van der Waals surface area contributed by atoms with Crippen LogP contribution in [-0.4, -0.2) is 32.1 Å². The van der Waals surface area contributed by atoms with Gasteiger partial charge in [0.25, 0.3) is 5.22 Å². The number of carboxylic acids is 1. The van der Waals surface area contributed by atoms with E-state index in [4.69, 9.17) is 15.3 Å². The summed E-state index contributed by atoms with van der Waals surface area (Å²) in [6.07, 6.45) is 1.69. The van der Waals surface area contributed by atoms with E-state index in [0.717, 1.165) is 6.42 Å². The normalized spacial score (nSPS) is 29.5. The third-order valence-electron chi connectivity index (χ3n) is 2.71. The van der Waals surface area contributed by atoms with Crippen molar-refractivity contribution < 1.29 is 14.3 Å². The molecule has 0 aromatic carbocycles. The number of hydrogen-bond acceptors (Lipinski definition) is 6. The monoisotopic (exact) mass is 243 g/mol. The number of carbonyl (C=O) groups is 1. The van der Waals surface area contributed by atoms with Gasteiger partial charge in [-0.3, -0.25) is 4.79 Å². The Morgan fingerprint density at radius 2 is 2.44 bits per heavy atom. The molecule has 16 heavy (non-hydrogen) atoms. The molecule has 2 atom stereocenters. The molecule has 2 rings (SSSR count). The van der Waals surface area contributed by atoms with Crippen LogP contribution in [0.4, 0.5) is 0 Å². The van der Waals surface area contributed by atoms with Crippen molar-refractivity contribution in [2.24, 2.45) is 5.73 Å². The lowest BCUT2D eigenvalue weighted by atomic mass is 10.0. The first-order chi connectivity index (χ1) is 7.49. The van der Waals surface area contributed by atoms with E-state index >= 15 is 0 Å². The summed E-state index contributed by atoms with van der Waals surface area (Å²) < 4.78 is 5.23. The summed E-state index contributed by atoms with van der Waals surface area (Å²) in [4.78, 5) is 10.9. The number of nitrogens with two attached hydrogens (primary N) is 1. The van der Waals surface area contributed by atoms with E-state index in [1.165, 1.54) is 11.8 Å². The van der Waals surface area contributed by atoms with Crippen molar-refractivity contribution in [3.8, 4) is 0 Å². The predicted molar refractivity (Wildman–Crippen MR) is 57.1 cm³/mol. The number of thioether (sulfide) groups is 1. The van der Waals surface area contributed by atoms with Gasteiger partial charge in [0, 0.05) is 12.2 Å². The van der Waals surface area contributed by atoms with Crippen molar-refractivity contribution in [2.45, 2.75) is 42.2 Å². The highest BCUT2D eigenvalue weighted by molar-refractivity contribution is 7.99. The summed E-state index contributed by atoms with van der Waals surface area (Å²) in [5, 5.41) is 17.2. The molecule has 1 aliphatic rings. The van der Waals surface area contributed by atoms with Crippen LogP contribution < -0.4 is 5.73 Å². The van der Waals surface area contributed by atoms with Crippen molar-refractivity contribution in [1.82, 2.24) is 10.2 Å². The van der Waals surface area contributed by atoms with Crippen LogP contribution in [0.2, 0.25) is 0 Å². The molecule has 1 aromatic rings. The molecule has 1 fully saturated rings. The molecule has 1 aliphatic carbocycles. The number of nitrogens with zero attached hydrogens (tertiary/aromatic N) is 2. The van der Waals surface area contributed by atoms with Gasteiger partial charge in [-0.2, -0.15) is 0 Å². The van der Waals surface area contributed by atoms with Gasteiger partial charge in [0.05, 0.1) is 0 Å². The fourth-order valence-electron chi connectivity index (χ4n) is 1.79. The highest BCUT2D eigenvalue weighted by atomic mass is 32.2. The van der Waals surface area contributed by atoms with E-state index in [-0.39, 0.29) is 5.25 Å². The van der Waals surface area contributed by atoms with E-state index in [0.29, 0.717) is 24.0 Å². The Hall–Kier alpha value is -1.08. The number of aliphatic carboxylic acids is 1. The van der Waals surface area contributed by atoms with Crippen molar-refractivity contribution in [2.75, 3.05) is 0 Å². The summed E-state index contributed by atoms with van der Waals surface area (Å²) in [5.74, 6) is -0.421. The van der Waals surface area contributed by atoms with Gasteiger partial charge < -0.3 is 15.3 Å². The van der Waals surface area contributed by atoms with Gasteiger partial charge in [0.2, 0.25) is 5.89 Å². The Balaban J connectivity index is 1.97. The third-order valence-corrected chi connectivity index (χ3v) is 3.81. The molecule has 0 aliphatic heterocycles. The predicted octanol–water partition coefficient (Wildman–Crippen LogP) is 0.805. The van der Waals surface area contributed by atoms with E-state index in [1.54, 1.807) is 6.92 Å². The maximum Gasteiger partial charge on any atom is 0.323 e. The first-order valence-corrected chi connectivity index (χ1v) is 5.86. The summed E-state index contributed by atoms with van der Waals surface area (Å²) in [6, 6.07) is 0. The largest absolute Gasteiger partial charge is 0.480 e. The molecule has 2 unspecified atom stereocenters. The van der Waals surface area contributed by atoms with Crippen LogP contribution >= 0.6 is 11.8 Å². The van der Waals surface area contributed by atoms with Crippen LogP contribution in [0.1, 0.15) is 25.2 Å². The van der Waals surface area contributed by atoms with Gasteiger partial charge in [-0.1, -0.05) is 11.8 Å². The first-order valence-electron chi connectivity index (χ1n) is 4.99. The van der Waals surface area contributed by atoms with Crippen LogP contribution in [0.25, 0.3) is 0 Å². The topological polar surface area (TPSA) is 102 Å². The smallest absolute Gasteiger partial charge is 0.323 e. The van der Waals surface area contributed by atoms with Crippen molar-refractivity contribution >= 4 is 17.7 Å². The minimum atomic E-state index is -1.09. The minimum Gasteiger partial charge on any atom is -0.480 e. The fraction of sp³-hybridized carbons (Fsp3) is 0.667. The number of carboxylic acid groups (broad SMARTS) is 1. The summed E-state index contributed by atoms with van der Waals surface area (Å²) in [7, 11) is 0. The second-order valence-electron chi connectivity index (χ2n) is 4.03. The average Bonchev–Trinajstić information content (AvgIpc) is 2.75. The molecule has 0 radical (unpaired) electrons. The Morgan fingerprint density at radius 1 is 1.69 bits per heavy atom. The second kappa shape index (κ2) is 4.06. The molecule has 0 saturated heterocycles. The van der Waals surface area contributed by atoms with Gasteiger partial charge in [0.1, 0.15) is 5.54 Å². The third kappa shape index (κ3) is 2.19. The van der Waals surface area contributed by atoms with E-state index in [1.807, 2.05) is 0 Å². The summed E-state index contributed by atoms with van der Waals surface area (Å²) in [5.41, 5.74) is 4.68. The zero-order valence-electron chi connectivity index (χ0n) is 8.84. The van der Waals surface area contributed by atoms with Crippen LogP contribution in [0.5, 0.6) is 0 Å². The minimum absolute atomic E-state index is 0.140. The van der Waals surface area contributed by atoms with Crippen LogP contribution in [0.3, 0.4) is 0 Å². The molecule has 1 saturated carbocycles. The van der Waals surface area contributed by atoms with E-state index in [2.05, 4.69) is 10.2 Å². The zero-order chi connectivity index (χ0) is 11.8. The highest BCUT2D eigenvalue weighted by Crippen LogP contribution is 2.38. The molecule has 0 bridgehead atoms. The van der Waals surface area contributed by atoms with Gasteiger partial charge in [-0.15, -0.1) is 10.2 Å². The lowest BCUT2D eigenvalue weighted by molar-refractivity contribution is -0.143. The highest BCUT2D eigenvalue weighted by Gasteiger charge is 2.42. The lowest BCUT2D eigenvalue weighted by Gasteiger charge is -2.17. The Bertz CT molecular complexity index is 408. The molecule has 88 valence electrons. The molecule has 1 aromatic heterocycles. The Kier molecular flexibility index (Phi) is 2.90. The maximum atomic E-state index is 10.9. The van der Waals surface area contributed by atoms with Crippen LogP contribution in [-0.2, 0) is 4.79 Å². The number of hydrogen-bond donors (Lipinski definition) is 2. The van der Waals surface area contributed by atoms with Crippen molar-refractivity contribution in [3.05, 3.63) is 5.89 Å². The summed E-state index contributed by atoms with van der Waals surface area (Å²) in [6.45, 7) is 1.72. The molecule has 3 N–H and O–H groups in total.